The first kappa shape index (κ1) is 32.8. The van der Waals surface area contributed by atoms with Crippen molar-refractivity contribution in [3.63, 3.8) is 0 Å². The molecule has 256 valence electrons. The van der Waals surface area contributed by atoms with E-state index >= 15 is 0 Å². The number of fused-ring (bicyclic) bond motifs is 3. The molecule has 0 N–H and O–H groups in total. The summed E-state index contributed by atoms with van der Waals surface area (Å²) in [6.45, 7) is 0.619. The lowest BCUT2D eigenvalue weighted by Gasteiger charge is -2.14. The number of aromatic nitrogens is 3. The molecule has 54 heavy (non-hydrogen) atoms. The van der Waals surface area contributed by atoms with Crippen molar-refractivity contribution in [2.75, 3.05) is 6.54 Å². The van der Waals surface area contributed by atoms with Gasteiger partial charge in [0.25, 0.3) is 0 Å². The van der Waals surface area contributed by atoms with Gasteiger partial charge in [-0.05, 0) is 85.6 Å². The van der Waals surface area contributed by atoms with E-state index in [4.69, 9.17) is 19.9 Å². The molecular weight excluding hydrogens is 657 g/mol. The Labute approximate surface area is 315 Å². The molecule has 8 aromatic rings. The molecule has 0 saturated carbocycles. The van der Waals surface area contributed by atoms with E-state index in [9.17, 15) is 0 Å². The van der Waals surface area contributed by atoms with Crippen LogP contribution in [-0.4, -0.2) is 27.7 Å². The fourth-order valence-corrected chi connectivity index (χ4v) is 7.11. The van der Waals surface area contributed by atoms with Gasteiger partial charge in [-0.1, -0.05) is 164 Å². The maximum absolute atomic E-state index is 5.09. The number of nitrogens with zero attached hydrogens (tertiary/aromatic N) is 4. The number of allylic oxidation sites excluding steroid dienone is 5. The highest BCUT2D eigenvalue weighted by molar-refractivity contribution is 6.14. The third kappa shape index (κ3) is 6.81. The fraction of sp³-hybridized carbons (Fsp3) is 0.0400. The van der Waals surface area contributed by atoms with Crippen LogP contribution in [-0.2, 0) is 0 Å². The summed E-state index contributed by atoms with van der Waals surface area (Å²) in [6, 6.07) is 55.4. The maximum Gasteiger partial charge on any atom is 0.164 e. The normalized spacial score (nSPS) is 15.1. The molecule has 0 atom stereocenters. The van der Waals surface area contributed by atoms with Gasteiger partial charge in [0.05, 0.1) is 6.54 Å². The van der Waals surface area contributed by atoms with Gasteiger partial charge in [0.1, 0.15) is 0 Å². The van der Waals surface area contributed by atoms with E-state index in [1.807, 2.05) is 66.9 Å². The SMILES string of the molecule is C1=NC/C=C\C=C/C/C=C\1c1cc(-c2ccc(-c3cc4ccccc4c4ccccc34)cc2)cc(-c2nc(-c3ccccc3)nc(-c3ccccc3)n2)c1. The first-order valence-electron chi connectivity index (χ1n) is 18.3. The molecule has 0 bridgehead atoms. The molecule has 0 unspecified atom stereocenters. The lowest BCUT2D eigenvalue weighted by Crippen LogP contribution is -2.01. The van der Waals surface area contributed by atoms with Gasteiger partial charge in [-0.3, -0.25) is 4.99 Å². The first-order valence-corrected chi connectivity index (χ1v) is 18.3. The van der Waals surface area contributed by atoms with E-state index < -0.39 is 0 Å². The molecule has 0 spiro atoms. The topological polar surface area (TPSA) is 51.0 Å². The van der Waals surface area contributed by atoms with Crippen LogP contribution in [0.15, 0.2) is 193 Å². The van der Waals surface area contributed by atoms with Gasteiger partial charge in [0.15, 0.2) is 17.5 Å². The molecule has 4 nitrogen and oxygen atoms in total. The Morgan fingerprint density at radius 3 is 1.67 bits per heavy atom. The Morgan fingerprint density at radius 2 is 0.944 bits per heavy atom. The largest absolute Gasteiger partial charge is 0.288 e. The summed E-state index contributed by atoms with van der Waals surface area (Å²) in [5.41, 5.74) is 9.47. The van der Waals surface area contributed by atoms with Crippen LogP contribution in [0.4, 0.5) is 0 Å². The quantitative estimate of drug-likeness (QED) is 0.163. The highest BCUT2D eigenvalue weighted by atomic mass is 15.0. The van der Waals surface area contributed by atoms with Crippen molar-refractivity contribution in [3.8, 4) is 56.4 Å². The zero-order chi connectivity index (χ0) is 36.1. The Morgan fingerprint density at radius 1 is 0.389 bits per heavy atom. The number of benzene rings is 7. The molecule has 7 aromatic carbocycles. The number of aliphatic imine (C=N–C) groups is 1. The first-order chi connectivity index (χ1) is 26.8. The van der Waals surface area contributed by atoms with Crippen LogP contribution < -0.4 is 0 Å². The number of hydrogen-bond acceptors (Lipinski definition) is 4. The molecular formula is C50H36N4. The molecule has 0 fully saturated rings. The molecule has 1 aliphatic rings. The molecule has 1 aliphatic heterocycles. The highest BCUT2D eigenvalue weighted by Crippen LogP contribution is 2.37. The second-order valence-corrected chi connectivity index (χ2v) is 13.4. The predicted octanol–water partition coefficient (Wildman–Crippen LogP) is 12.5. The summed E-state index contributed by atoms with van der Waals surface area (Å²) in [5, 5.41) is 5.02. The van der Waals surface area contributed by atoms with Crippen molar-refractivity contribution in [1.29, 1.82) is 0 Å². The van der Waals surface area contributed by atoms with E-state index in [0.29, 0.717) is 24.0 Å². The number of rotatable bonds is 6. The summed E-state index contributed by atoms with van der Waals surface area (Å²) in [5.74, 6) is 1.88. The average molecular weight is 693 g/mol. The van der Waals surface area contributed by atoms with Gasteiger partial charge < -0.3 is 0 Å². The third-order valence-electron chi connectivity index (χ3n) is 9.82. The van der Waals surface area contributed by atoms with Gasteiger partial charge in [-0.15, -0.1) is 0 Å². The van der Waals surface area contributed by atoms with Crippen molar-refractivity contribution in [2.45, 2.75) is 6.42 Å². The van der Waals surface area contributed by atoms with Gasteiger partial charge in [0.2, 0.25) is 0 Å². The molecule has 1 aromatic heterocycles. The minimum atomic E-state index is 0.616. The Bertz CT molecular complexity index is 2680. The summed E-state index contributed by atoms with van der Waals surface area (Å²) < 4.78 is 0. The van der Waals surface area contributed by atoms with Crippen LogP contribution in [0.5, 0.6) is 0 Å². The van der Waals surface area contributed by atoms with Gasteiger partial charge >= 0.3 is 0 Å². The standard InChI is InChI=1S/C50H36N4/c1-2-6-21-40(34-51-29-15-3-1)42-30-41(35-25-27-36(28-26-35)47-33-39-20-11-12-22-44(39)45-23-13-14-24-46(45)47)31-43(32-42)50-53-48(37-16-7-4-8-17-37)52-49(54-50)38-18-9-5-10-19-38/h1-5,7-28,30-34H,6,29H2/b2-1-,15-3-,40-21+,51-34?. The lowest BCUT2D eigenvalue weighted by molar-refractivity contribution is 1.07. The van der Waals surface area contributed by atoms with Crippen LogP contribution in [0.25, 0.3) is 83.5 Å². The summed E-state index contributed by atoms with van der Waals surface area (Å²) >= 11 is 0. The van der Waals surface area contributed by atoms with Crippen LogP contribution in [0.3, 0.4) is 0 Å². The maximum atomic E-state index is 5.09. The van der Waals surface area contributed by atoms with Crippen molar-refractivity contribution in [1.82, 2.24) is 15.0 Å². The zero-order valence-corrected chi connectivity index (χ0v) is 29.7. The lowest BCUT2D eigenvalue weighted by atomic mass is 9.91. The average Bonchev–Trinajstić information content (AvgIpc) is 3.25. The van der Waals surface area contributed by atoms with E-state index in [1.165, 1.54) is 32.7 Å². The summed E-state index contributed by atoms with van der Waals surface area (Å²) in [4.78, 5) is 19.9. The second-order valence-electron chi connectivity index (χ2n) is 13.4. The molecule has 9 rings (SSSR count). The third-order valence-corrected chi connectivity index (χ3v) is 9.82. The molecule has 4 heteroatoms. The summed E-state index contributed by atoms with van der Waals surface area (Å²) in [6.07, 6.45) is 13.4. The highest BCUT2D eigenvalue weighted by Gasteiger charge is 2.16. The Hall–Kier alpha value is -7.04. The van der Waals surface area contributed by atoms with Gasteiger partial charge in [-0.2, -0.15) is 0 Å². The molecule has 0 radical (unpaired) electrons. The summed E-state index contributed by atoms with van der Waals surface area (Å²) in [7, 11) is 0. The zero-order valence-electron chi connectivity index (χ0n) is 29.7. The van der Waals surface area contributed by atoms with E-state index in [-0.39, 0.29) is 0 Å². The minimum absolute atomic E-state index is 0.616. The molecule has 0 amide bonds. The smallest absolute Gasteiger partial charge is 0.164 e. The minimum Gasteiger partial charge on any atom is -0.288 e. The Kier molecular flexibility index (Phi) is 9.06. The van der Waals surface area contributed by atoms with Crippen LogP contribution >= 0.6 is 0 Å². The van der Waals surface area contributed by atoms with Crippen molar-refractivity contribution in [2.24, 2.45) is 4.99 Å². The molecule has 0 aliphatic carbocycles. The molecule has 2 heterocycles. The monoisotopic (exact) mass is 692 g/mol. The van der Waals surface area contributed by atoms with Gasteiger partial charge in [0, 0.05) is 22.9 Å². The van der Waals surface area contributed by atoms with Crippen LogP contribution in [0.2, 0.25) is 0 Å². The van der Waals surface area contributed by atoms with Crippen LogP contribution in [0.1, 0.15) is 12.0 Å². The van der Waals surface area contributed by atoms with Crippen LogP contribution in [0, 0.1) is 0 Å². The van der Waals surface area contributed by atoms with Crippen molar-refractivity contribution >= 4 is 33.3 Å². The Balaban J connectivity index is 1.20. The predicted molar refractivity (Wildman–Crippen MR) is 226 cm³/mol. The van der Waals surface area contributed by atoms with Gasteiger partial charge in [-0.25, -0.2) is 15.0 Å². The fourth-order valence-electron chi connectivity index (χ4n) is 7.11. The molecule has 0 saturated heterocycles. The van der Waals surface area contributed by atoms with E-state index in [2.05, 4.69) is 127 Å². The van der Waals surface area contributed by atoms with E-state index in [1.54, 1.807) is 0 Å². The van der Waals surface area contributed by atoms with Crippen molar-refractivity contribution < 1.29 is 0 Å². The second kappa shape index (κ2) is 14.9. The van der Waals surface area contributed by atoms with E-state index in [0.717, 1.165) is 45.4 Å². The number of hydrogen-bond donors (Lipinski definition) is 0. The van der Waals surface area contributed by atoms with Crippen molar-refractivity contribution in [3.05, 3.63) is 194 Å².